The molecule has 2 fully saturated rings. The zero-order valence-electron chi connectivity index (χ0n) is 16.8. The summed E-state index contributed by atoms with van der Waals surface area (Å²) in [5, 5.41) is 0. The third-order valence-corrected chi connectivity index (χ3v) is 6.31. The number of methoxy groups -OCH3 is 1. The fourth-order valence-electron chi connectivity index (χ4n) is 4.67. The molecule has 2 aliphatic heterocycles. The van der Waals surface area contributed by atoms with Crippen LogP contribution in [0.3, 0.4) is 0 Å². The Balaban J connectivity index is 1.25. The van der Waals surface area contributed by atoms with Crippen LogP contribution >= 0.6 is 0 Å². The SMILES string of the molecule is COc1cc(F)ccc1N1CCN(CCCN2C(=O)C3CC=CCC3C2=O)CC1. The number of nitrogens with zero attached hydrogens (tertiary/aromatic N) is 3. The van der Waals surface area contributed by atoms with Gasteiger partial charge in [0, 0.05) is 38.8 Å². The van der Waals surface area contributed by atoms with E-state index in [1.54, 1.807) is 13.2 Å². The lowest BCUT2D eigenvalue weighted by Crippen LogP contribution is -2.47. The molecule has 0 spiro atoms. The summed E-state index contributed by atoms with van der Waals surface area (Å²) in [4.78, 5) is 31.1. The maximum atomic E-state index is 13.4. The zero-order chi connectivity index (χ0) is 20.4. The third-order valence-electron chi connectivity index (χ3n) is 6.31. The average molecular weight is 401 g/mol. The molecule has 2 amide bonds. The Hall–Kier alpha value is -2.41. The third kappa shape index (κ3) is 4.01. The number of halogens is 1. The highest BCUT2D eigenvalue weighted by atomic mass is 19.1. The highest BCUT2D eigenvalue weighted by molar-refractivity contribution is 6.05. The van der Waals surface area contributed by atoms with E-state index >= 15 is 0 Å². The van der Waals surface area contributed by atoms with Crippen molar-refractivity contribution in [2.45, 2.75) is 19.3 Å². The van der Waals surface area contributed by atoms with E-state index in [1.807, 2.05) is 12.2 Å². The monoisotopic (exact) mass is 401 g/mol. The number of carbonyl (C=O) groups is 2. The molecule has 2 saturated heterocycles. The second kappa shape index (κ2) is 8.53. The smallest absolute Gasteiger partial charge is 0.233 e. The number of hydrogen-bond acceptors (Lipinski definition) is 5. The van der Waals surface area contributed by atoms with Gasteiger partial charge in [0.25, 0.3) is 0 Å². The Bertz CT molecular complexity index is 778. The maximum Gasteiger partial charge on any atom is 0.233 e. The minimum absolute atomic E-state index is 0.0116. The zero-order valence-corrected chi connectivity index (χ0v) is 16.8. The van der Waals surface area contributed by atoms with Gasteiger partial charge in [-0.05, 0) is 37.9 Å². The Labute approximate surface area is 170 Å². The number of fused-ring (bicyclic) bond motifs is 1. The van der Waals surface area contributed by atoms with Crippen LogP contribution in [-0.4, -0.2) is 68.0 Å². The number of carbonyl (C=O) groups excluding carboxylic acids is 2. The van der Waals surface area contributed by atoms with Crippen LogP contribution in [0.15, 0.2) is 30.4 Å². The molecular formula is C22H28FN3O3. The topological polar surface area (TPSA) is 53.1 Å². The number of rotatable bonds is 6. The lowest BCUT2D eigenvalue weighted by molar-refractivity contribution is -0.140. The van der Waals surface area contributed by atoms with E-state index in [0.717, 1.165) is 44.8 Å². The van der Waals surface area contributed by atoms with Crippen molar-refractivity contribution >= 4 is 17.5 Å². The molecule has 0 saturated carbocycles. The van der Waals surface area contributed by atoms with Gasteiger partial charge in [-0.25, -0.2) is 4.39 Å². The lowest BCUT2D eigenvalue weighted by atomic mass is 9.85. The second-order valence-corrected chi connectivity index (χ2v) is 7.98. The van der Waals surface area contributed by atoms with Gasteiger partial charge in [0.05, 0.1) is 24.6 Å². The maximum absolute atomic E-state index is 13.4. The number of ether oxygens (including phenoxy) is 1. The number of likely N-dealkylation sites (tertiary alicyclic amines) is 1. The molecule has 1 aromatic carbocycles. The first-order valence-electron chi connectivity index (χ1n) is 10.4. The number of hydrogen-bond donors (Lipinski definition) is 0. The lowest BCUT2D eigenvalue weighted by Gasteiger charge is -2.36. The van der Waals surface area contributed by atoms with E-state index in [-0.39, 0.29) is 29.5 Å². The first-order valence-corrected chi connectivity index (χ1v) is 10.4. The quantitative estimate of drug-likeness (QED) is 0.541. The summed E-state index contributed by atoms with van der Waals surface area (Å²) in [6.07, 6.45) is 6.22. The van der Waals surface area contributed by atoms with Gasteiger partial charge in [-0.3, -0.25) is 19.4 Å². The fraction of sp³-hybridized carbons (Fsp3) is 0.545. The van der Waals surface area contributed by atoms with E-state index in [1.165, 1.54) is 17.0 Å². The van der Waals surface area contributed by atoms with Crippen molar-refractivity contribution < 1.29 is 18.7 Å². The van der Waals surface area contributed by atoms with Crippen LogP contribution in [0, 0.1) is 17.7 Å². The largest absolute Gasteiger partial charge is 0.494 e. The van der Waals surface area contributed by atoms with Crippen molar-refractivity contribution in [1.82, 2.24) is 9.80 Å². The van der Waals surface area contributed by atoms with Crippen molar-refractivity contribution in [2.24, 2.45) is 11.8 Å². The molecule has 2 heterocycles. The van der Waals surface area contributed by atoms with E-state index in [0.29, 0.717) is 25.1 Å². The molecule has 4 rings (SSSR count). The summed E-state index contributed by atoms with van der Waals surface area (Å²) >= 11 is 0. The van der Waals surface area contributed by atoms with Crippen LogP contribution in [0.5, 0.6) is 5.75 Å². The number of allylic oxidation sites excluding steroid dienone is 2. The van der Waals surface area contributed by atoms with Crippen LogP contribution in [0.4, 0.5) is 10.1 Å². The number of piperazine rings is 1. The van der Waals surface area contributed by atoms with Gasteiger partial charge in [-0.15, -0.1) is 0 Å². The van der Waals surface area contributed by atoms with E-state index in [2.05, 4.69) is 9.80 Å². The minimum atomic E-state index is -0.300. The van der Waals surface area contributed by atoms with Crippen LogP contribution in [0.2, 0.25) is 0 Å². The summed E-state index contributed by atoms with van der Waals surface area (Å²) in [6, 6.07) is 4.64. The fourth-order valence-corrected chi connectivity index (χ4v) is 4.67. The second-order valence-electron chi connectivity index (χ2n) is 7.98. The first kappa shape index (κ1) is 19.9. The minimum Gasteiger partial charge on any atom is -0.494 e. The van der Waals surface area contributed by atoms with Crippen LogP contribution < -0.4 is 9.64 Å². The number of anilines is 1. The normalized spacial score (nSPS) is 24.9. The molecule has 29 heavy (non-hydrogen) atoms. The van der Waals surface area contributed by atoms with Gasteiger partial charge >= 0.3 is 0 Å². The summed E-state index contributed by atoms with van der Waals surface area (Å²) in [5.41, 5.74) is 0.915. The molecular weight excluding hydrogens is 373 g/mol. The molecule has 0 N–H and O–H groups in total. The molecule has 3 aliphatic rings. The molecule has 1 aliphatic carbocycles. The first-order chi connectivity index (χ1) is 14.1. The summed E-state index contributed by atoms with van der Waals surface area (Å²) in [6.45, 7) is 4.81. The predicted octanol–water partition coefficient (Wildman–Crippen LogP) is 2.30. The summed E-state index contributed by atoms with van der Waals surface area (Å²) in [7, 11) is 1.56. The van der Waals surface area contributed by atoms with Gasteiger partial charge in [-0.2, -0.15) is 0 Å². The van der Waals surface area contributed by atoms with Gasteiger partial charge < -0.3 is 9.64 Å². The van der Waals surface area contributed by atoms with Crippen LogP contribution in [0.1, 0.15) is 19.3 Å². The predicted molar refractivity (Wildman–Crippen MR) is 108 cm³/mol. The molecule has 6 nitrogen and oxygen atoms in total. The van der Waals surface area contributed by atoms with Gasteiger partial charge in [0.1, 0.15) is 11.6 Å². The van der Waals surface area contributed by atoms with Crippen molar-refractivity contribution in [3.63, 3.8) is 0 Å². The van der Waals surface area contributed by atoms with E-state index < -0.39 is 0 Å². The Morgan fingerprint density at radius 3 is 2.28 bits per heavy atom. The van der Waals surface area contributed by atoms with Gasteiger partial charge in [0.15, 0.2) is 0 Å². The molecule has 1 aromatic rings. The van der Waals surface area contributed by atoms with E-state index in [4.69, 9.17) is 4.74 Å². The Morgan fingerprint density at radius 1 is 1.00 bits per heavy atom. The van der Waals surface area contributed by atoms with Crippen LogP contribution in [0.25, 0.3) is 0 Å². The molecule has 0 bridgehead atoms. The number of imide groups is 1. The number of benzene rings is 1. The highest BCUT2D eigenvalue weighted by Crippen LogP contribution is 2.35. The number of amides is 2. The van der Waals surface area contributed by atoms with Crippen molar-refractivity contribution in [1.29, 1.82) is 0 Å². The highest BCUT2D eigenvalue weighted by Gasteiger charge is 2.46. The molecule has 2 unspecified atom stereocenters. The summed E-state index contributed by atoms with van der Waals surface area (Å²) in [5.74, 6) is 0.00458. The summed E-state index contributed by atoms with van der Waals surface area (Å²) < 4.78 is 18.7. The molecule has 0 radical (unpaired) electrons. The van der Waals surface area contributed by atoms with Crippen molar-refractivity contribution in [2.75, 3.05) is 51.3 Å². The molecule has 156 valence electrons. The van der Waals surface area contributed by atoms with Crippen molar-refractivity contribution in [3.8, 4) is 5.75 Å². The van der Waals surface area contributed by atoms with Crippen molar-refractivity contribution in [3.05, 3.63) is 36.2 Å². The Kier molecular flexibility index (Phi) is 5.85. The van der Waals surface area contributed by atoms with Gasteiger partial charge in [0.2, 0.25) is 11.8 Å². The standard InChI is InChI=1S/C22H28FN3O3/c1-29-20-15-16(23)7-8-19(20)25-13-11-24(12-14-25)9-4-10-26-21(27)17-5-2-3-6-18(17)22(26)28/h2-3,7-8,15,17-18H,4-6,9-14H2,1H3. The average Bonchev–Trinajstić information content (AvgIpc) is 2.99. The Morgan fingerprint density at radius 2 is 1.66 bits per heavy atom. The van der Waals surface area contributed by atoms with E-state index in [9.17, 15) is 14.0 Å². The molecule has 0 aromatic heterocycles. The molecule has 7 heteroatoms. The van der Waals surface area contributed by atoms with Crippen LogP contribution in [-0.2, 0) is 9.59 Å². The molecule has 2 atom stereocenters. The van der Waals surface area contributed by atoms with Gasteiger partial charge in [-0.1, -0.05) is 12.2 Å².